The Morgan fingerprint density at radius 1 is 1.04 bits per heavy atom. The molecule has 0 bridgehead atoms. The van der Waals surface area contributed by atoms with Gasteiger partial charge in [-0.3, -0.25) is 0 Å². The molecule has 0 amide bonds. The first kappa shape index (κ1) is 17.0. The fourth-order valence-corrected chi connectivity index (χ4v) is 2.79. The fourth-order valence-electron chi connectivity index (χ4n) is 2.79. The van der Waals surface area contributed by atoms with Crippen LogP contribution in [0.25, 0.3) is 16.9 Å². The summed E-state index contributed by atoms with van der Waals surface area (Å²) in [5.74, 6) is -1.03. The van der Waals surface area contributed by atoms with Gasteiger partial charge in [-0.15, -0.1) is 0 Å². The maximum atomic E-state index is 11.4. The minimum atomic E-state index is -1.03. The summed E-state index contributed by atoms with van der Waals surface area (Å²) in [6, 6.07) is 17.7. The standard InChI is InChI=1S/C21H22N2O2/c1-14-6-5-7-17(12-14)23-19(13-18(22-23)20(24)25)15-8-10-16(11-9-15)21(2,3)4/h5-13H,1-4H3,(H,24,25). The van der Waals surface area contributed by atoms with E-state index in [1.807, 2.05) is 43.3 Å². The molecule has 0 spiro atoms. The molecular weight excluding hydrogens is 312 g/mol. The zero-order valence-corrected chi connectivity index (χ0v) is 14.9. The third kappa shape index (κ3) is 3.48. The molecule has 1 aromatic heterocycles. The lowest BCUT2D eigenvalue weighted by atomic mass is 9.86. The Hall–Kier alpha value is -2.88. The molecule has 3 rings (SSSR count). The molecule has 1 N–H and O–H groups in total. The van der Waals surface area contributed by atoms with Crippen molar-refractivity contribution in [1.29, 1.82) is 0 Å². The second-order valence-corrected chi connectivity index (χ2v) is 7.30. The number of aromatic nitrogens is 2. The number of carbonyl (C=O) groups is 1. The van der Waals surface area contributed by atoms with Gasteiger partial charge >= 0.3 is 5.97 Å². The van der Waals surface area contributed by atoms with Crippen molar-refractivity contribution in [3.8, 4) is 16.9 Å². The summed E-state index contributed by atoms with van der Waals surface area (Å²) in [5, 5.41) is 13.6. The van der Waals surface area contributed by atoms with E-state index in [-0.39, 0.29) is 11.1 Å². The minimum absolute atomic E-state index is 0.0383. The Labute approximate surface area is 147 Å². The van der Waals surface area contributed by atoms with E-state index >= 15 is 0 Å². The number of benzene rings is 2. The molecule has 0 radical (unpaired) electrons. The van der Waals surface area contributed by atoms with E-state index in [1.54, 1.807) is 10.7 Å². The Morgan fingerprint density at radius 3 is 2.28 bits per heavy atom. The van der Waals surface area contributed by atoms with Gasteiger partial charge in [-0.2, -0.15) is 5.10 Å². The summed E-state index contributed by atoms with van der Waals surface area (Å²) in [6.45, 7) is 8.51. The lowest BCUT2D eigenvalue weighted by Crippen LogP contribution is -2.10. The van der Waals surface area contributed by atoms with E-state index < -0.39 is 5.97 Å². The maximum Gasteiger partial charge on any atom is 0.356 e. The topological polar surface area (TPSA) is 55.1 Å². The monoisotopic (exact) mass is 334 g/mol. The molecule has 0 unspecified atom stereocenters. The van der Waals surface area contributed by atoms with Crippen molar-refractivity contribution in [2.45, 2.75) is 33.1 Å². The smallest absolute Gasteiger partial charge is 0.356 e. The van der Waals surface area contributed by atoms with E-state index in [0.29, 0.717) is 0 Å². The van der Waals surface area contributed by atoms with Gasteiger partial charge in [0.1, 0.15) is 0 Å². The SMILES string of the molecule is Cc1cccc(-n2nc(C(=O)O)cc2-c2ccc(C(C)(C)C)cc2)c1. The highest BCUT2D eigenvalue weighted by molar-refractivity contribution is 5.87. The number of carboxylic acid groups (broad SMARTS) is 1. The largest absolute Gasteiger partial charge is 0.476 e. The third-order valence-corrected chi connectivity index (χ3v) is 4.22. The van der Waals surface area contributed by atoms with Crippen LogP contribution in [-0.4, -0.2) is 20.9 Å². The second-order valence-electron chi connectivity index (χ2n) is 7.30. The molecular formula is C21H22N2O2. The average molecular weight is 334 g/mol. The molecule has 0 fully saturated rings. The molecule has 0 aliphatic rings. The molecule has 0 atom stereocenters. The normalized spacial score (nSPS) is 11.5. The molecule has 1 heterocycles. The zero-order valence-electron chi connectivity index (χ0n) is 14.9. The molecule has 4 nitrogen and oxygen atoms in total. The average Bonchev–Trinajstić information content (AvgIpc) is 3.00. The van der Waals surface area contributed by atoms with Crippen molar-refractivity contribution in [2.75, 3.05) is 0 Å². The second kappa shape index (κ2) is 6.20. The van der Waals surface area contributed by atoms with Crippen LogP contribution in [0.15, 0.2) is 54.6 Å². The van der Waals surface area contributed by atoms with E-state index in [0.717, 1.165) is 22.5 Å². The van der Waals surface area contributed by atoms with E-state index in [4.69, 9.17) is 0 Å². The predicted octanol–water partition coefficient (Wildman–Crippen LogP) is 4.84. The highest BCUT2D eigenvalue weighted by Crippen LogP contribution is 2.28. The minimum Gasteiger partial charge on any atom is -0.476 e. The number of aryl methyl sites for hydroxylation is 1. The first-order valence-corrected chi connectivity index (χ1v) is 8.27. The van der Waals surface area contributed by atoms with Gasteiger partial charge in [0, 0.05) is 5.56 Å². The molecule has 0 aliphatic carbocycles. The van der Waals surface area contributed by atoms with Gasteiger partial charge in [0.05, 0.1) is 11.4 Å². The van der Waals surface area contributed by atoms with Crippen LogP contribution in [0.1, 0.15) is 42.4 Å². The number of hydrogen-bond acceptors (Lipinski definition) is 2. The van der Waals surface area contributed by atoms with Gasteiger partial charge in [0.15, 0.2) is 5.69 Å². The van der Waals surface area contributed by atoms with Gasteiger partial charge in [0.2, 0.25) is 0 Å². The Bertz CT molecular complexity index is 916. The summed E-state index contributed by atoms with van der Waals surface area (Å²) in [7, 11) is 0. The molecule has 25 heavy (non-hydrogen) atoms. The summed E-state index contributed by atoms with van der Waals surface area (Å²) in [6.07, 6.45) is 0. The van der Waals surface area contributed by atoms with E-state index in [1.165, 1.54) is 5.56 Å². The first-order chi connectivity index (χ1) is 11.8. The van der Waals surface area contributed by atoms with Crippen molar-refractivity contribution < 1.29 is 9.90 Å². The summed E-state index contributed by atoms with van der Waals surface area (Å²) in [5.41, 5.74) is 4.99. The van der Waals surface area contributed by atoms with Crippen molar-refractivity contribution in [3.05, 3.63) is 71.4 Å². The fraction of sp³-hybridized carbons (Fsp3) is 0.238. The Morgan fingerprint density at radius 2 is 1.72 bits per heavy atom. The molecule has 128 valence electrons. The van der Waals surface area contributed by atoms with Crippen LogP contribution in [0.5, 0.6) is 0 Å². The molecule has 3 aromatic rings. The quantitative estimate of drug-likeness (QED) is 0.745. The number of carboxylic acids is 1. The molecule has 0 aliphatic heterocycles. The molecule has 2 aromatic carbocycles. The third-order valence-electron chi connectivity index (χ3n) is 4.22. The van der Waals surface area contributed by atoms with Crippen LogP contribution in [0.3, 0.4) is 0 Å². The summed E-state index contributed by atoms with van der Waals surface area (Å²) < 4.78 is 1.70. The van der Waals surface area contributed by atoms with E-state index in [2.05, 4.69) is 38.0 Å². The number of hydrogen-bond donors (Lipinski definition) is 1. The first-order valence-electron chi connectivity index (χ1n) is 8.27. The highest BCUT2D eigenvalue weighted by Gasteiger charge is 2.18. The van der Waals surface area contributed by atoms with Crippen LogP contribution >= 0.6 is 0 Å². The van der Waals surface area contributed by atoms with Gasteiger partial charge in [-0.1, -0.05) is 57.2 Å². The lowest BCUT2D eigenvalue weighted by molar-refractivity contribution is 0.0690. The summed E-state index contributed by atoms with van der Waals surface area (Å²) >= 11 is 0. The predicted molar refractivity (Wildman–Crippen MR) is 99.4 cm³/mol. The lowest BCUT2D eigenvalue weighted by Gasteiger charge is -2.19. The highest BCUT2D eigenvalue weighted by atomic mass is 16.4. The van der Waals surface area contributed by atoms with Crippen LogP contribution in [0, 0.1) is 6.92 Å². The zero-order chi connectivity index (χ0) is 18.2. The van der Waals surface area contributed by atoms with Crippen LogP contribution < -0.4 is 0 Å². The number of nitrogens with zero attached hydrogens (tertiary/aromatic N) is 2. The number of aromatic carboxylic acids is 1. The Balaban J connectivity index is 2.13. The van der Waals surface area contributed by atoms with Crippen molar-refractivity contribution in [3.63, 3.8) is 0 Å². The molecule has 4 heteroatoms. The van der Waals surface area contributed by atoms with Gasteiger partial charge in [-0.05, 0) is 41.7 Å². The Kier molecular flexibility index (Phi) is 4.21. The van der Waals surface area contributed by atoms with Crippen molar-refractivity contribution >= 4 is 5.97 Å². The summed E-state index contributed by atoms with van der Waals surface area (Å²) in [4.78, 5) is 11.4. The van der Waals surface area contributed by atoms with Gasteiger partial charge in [0.25, 0.3) is 0 Å². The molecule has 0 saturated heterocycles. The van der Waals surface area contributed by atoms with E-state index in [9.17, 15) is 9.90 Å². The van der Waals surface area contributed by atoms with Gasteiger partial charge in [-0.25, -0.2) is 9.48 Å². The van der Waals surface area contributed by atoms with Crippen LogP contribution in [0.4, 0.5) is 0 Å². The van der Waals surface area contributed by atoms with Crippen molar-refractivity contribution in [1.82, 2.24) is 9.78 Å². The molecule has 0 saturated carbocycles. The van der Waals surface area contributed by atoms with Crippen LogP contribution in [-0.2, 0) is 5.41 Å². The van der Waals surface area contributed by atoms with Crippen LogP contribution in [0.2, 0.25) is 0 Å². The van der Waals surface area contributed by atoms with Crippen molar-refractivity contribution in [2.24, 2.45) is 0 Å². The van der Waals surface area contributed by atoms with Gasteiger partial charge < -0.3 is 5.11 Å². The maximum absolute atomic E-state index is 11.4. The number of rotatable bonds is 3.